The normalized spacial score (nSPS) is 13.8. The van der Waals surface area contributed by atoms with Crippen LogP contribution in [0.4, 0.5) is 32.0 Å². The molecule has 0 fully saturated rings. The number of alkyl halides is 4. The lowest BCUT2D eigenvalue weighted by molar-refractivity contribution is -0.138. The molecule has 0 spiro atoms. The number of pyridine rings is 1. The number of aromatic amines is 1. The number of nitrogens with one attached hydrogen (secondary N) is 2. The molecule has 0 saturated heterocycles. The van der Waals surface area contributed by atoms with Crippen molar-refractivity contribution < 1.29 is 31.4 Å². The van der Waals surface area contributed by atoms with E-state index in [0.29, 0.717) is 5.56 Å². The minimum Gasteiger partial charge on any atom is -0.386 e. The van der Waals surface area contributed by atoms with E-state index >= 15 is 8.78 Å². The zero-order valence-electron chi connectivity index (χ0n) is 21.9. The maximum atomic E-state index is 15.1. The van der Waals surface area contributed by atoms with Gasteiger partial charge in [0.15, 0.2) is 17.5 Å². The van der Waals surface area contributed by atoms with Crippen LogP contribution < -0.4 is 16.4 Å². The SMILES string of the molecule is C[C@H](C[C@H](F)Cn1ccc2cc(-c3ncc(C(C)(C)O)cn3)c(F)c(F)c2c1=O)Nc1cn[nH]c(=O)c1C(F)(F)F. The highest BCUT2D eigenvalue weighted by Crippen LogP contribution is 2.32. The van der Waals surface area contributed by atoms with Gasteiger partial charge in [-0.1, -0.05) is 0 Å². The number of benzene rings is 1. The van der Waals surface area contributed by atoms with Gasteiger partial charge < -0.3 is 15.0 Å². The Balaban J connectivity index is 1.56. The number of hydrogen-bond acceptors (Lipinski definition) is 7. The van der Waals surface area contributed by atoms with Gasteiger partial charge in [0.05, 0.1) is 35.0 Å². The van der Waals surface area contributed by atoms with Gasteiger partial charge in [-0.25, -0.2) is 28.2 Å². The molecule has 15 heteroatoms. The molecule has 0 aliphatic carbocycles. The van der Waals surface area contributed by atoms with Crippen LogP contribution in [0, 0.1) is 11.6 Å². The molecule has 1 aromatic carbocycles. The molecule has 0 bridgehead atoms. The van der Waals surface area contributed by atoms with Crippen molar-refractivity contribution in [1.29, 1.82) is 0 Å². The van der Waals surface area contributed by atoms with Gasteiger partial charge in [0.2, 0.25) is 0 Å². The van der Waals surface area contributed by atoms with Crippen molar-refractivity contribution in [3.05, 3.63) is 80.4 Å². The fourth-order valence-corrected chi connectivity index (χ4v) is 4.25. The number of anilines is 1. The summed E-state index contributed by atoms with van der Waals surface area (Å²) in [5.41, 5.74) is -5.90. The number of rotatable bonds is 8. The molecule has 0 radical (unpaired) electrons. The van der Waals surface area contributed by atoms with E-state index in [9.17, 15) is 32.3 Å². The first-order chi connectivity index (χ1) is 19.1. The topological polar surface area (TPSA) is 126 Å². The number of H-pyrrole nitrogens is 1. The van der Waals surface area contributed by atoms with Gasteiger partial charge >= 0.3 is 6.18 Å². The van der Waals surface area contributed by atoms with Crippen molar-refractivity contribution in [1.82, 2.24) is 24.7 Å². The Kier molecular flexibility index (Phi) is 7.94. The van der Waals surface area contributed by atoms with Crippen LogP contribution in [-0.2, 0) is 18.3 Å². The van der Waals surface area contributed by atoms with Gasteiger partial charge in [0.1, 0.15) is 11.7 Å². The molecule has 0 saturated carbocycles. The second kappa shape index (κ2) is 11.0. The van der Waals surface area contributed by atoms with Crippen molar-refractivity contribution in [2.24, 2.45) is 0 Å². The minimum absolute atomic E-state index is 0.00207. The summed E-state index contributed by atoms with van der Waals surface area (Å²) in [6.45, 7) is 3.76. The zero-order valence-corrected chi connectivity index (χ0v) is 21.9. The van der Waals surface area contributed by atoms with E-state index in [-0.39, 0.29) is 16.8 Å². The molecule has 4 rings (SSSR count). The summed E-state index contributed by atoms with van der Waals surface area (Å²) in [6, 6.07) is 1.51. The van der Waals surface area contributed by atoms with Crippen LogP contribution in [0.25, 0.3) is 22.2 Å². The fourth-order valence-electron chi connectivity index (χ4n) is 4.25. The largest absolute Gasteiger partial charge is 0.423 e. The summed E-state index contributed by atoms with van der Waals surface area (Å²) in [5.74, 6) is -3.07. The van der Waals surface area contributed by atoms with E-state index in [0.717, 1.165) is 10.8 Å². The van der Waals surface area contributed by atoms with Gasteiger partial charge in [-0.3, -0.25) is 9.59 Å². The van der Waals surface area contributed by atoms with Crippen LogP contribution in [0.5, 0.6) is 0 Å². The first-order valence-corrected chi connectivity index (χ1v) is 12.2. The first-order valence-electron chi connectivity index (χ1n) is 12.2. The predicted octanol–water partition coefficient (Wildman–Crippen LogP) is 4.30. The van der Waals surface area contributed by atoms with Gasteiger partial charge in [0.25, 0.3) is 11.1 Å². The third-order valence-electron chi connectivity index (χ3n) is 6.29. The number of fused-ring (bicyclic) bond motifs is 1. The number of hydrogen-bond donors (Lipinski definition) is 3. The summed E-state index contributed by atoms with van der Waals surface area (Å²) < 4.78 is 85.6. The molecule has 41 heavy (non-hydrogen) atoms. The molecule has 3 N–H and O–H groups in total. The van der Waals surface area contributed by atoms with Crippen LogP contribution in [0.15, 0.2) is 46.5 Å². The molecule has 3 heterocycles. The van der Waals surface area contributed by atoms with Crippen LogP contribution in [0.1, 0.15) is 38.3 Å². The lowest BCUT2D eigenvalue weighted by Gasteiger charge is -2.20. The molecule has 218 valence electrons. The molecular weight excluding hydrogens is 558 g/mol. The molecule has 0 amide bonds. The average Bonchev–Trinajstić information content (AvgIpc) is 2.86. The molecule has 2 atom stereocenters. The Labute approximate surface area is 227 Å². The number of aliphatic hydroxyl groups is 1. The summed E-state index contributed by atoms with van der Waals surface area (Å²) in [6.07, 6.45) is -2.74. The van der Waals surface area contributed by atoms with Crippen molar-refractivity contribution in [3.63, 3.8) is 0 Å². The lowest BCUT2D eigenvalue weighted by atomic mass is 10.0. The molecule has 4 aromatic rings. The van der Waals surface area contributed by atoms with E-state index in [1.165, 1.54) is 51.5 Å². The molecule has 3 aromatic heterocycles. The number of aromatic nitrogens is 5. The van der Waals surface area contributed by atoms with Crippen molar-refractivity contribution in [3.8, 4) is 11.4 Å². The monoisotopic (exact) mass is 582 g/mol. The Morgan fingerprint density at radius 2 is 1.76 bits per heavy atom. The summed E-state index contributed by atoms with van der Waals surface area (Å²) in [4.78, 5) is 32.5. The molecule has 0 unspecified atom stereocenters. The molecular formula is C26H24F6N6O3. The van der Waals surface area contributed by atoms with E-state index in [2.05, 4.69) is 20.4 Å². The Morgan fingerprint density at radius 1 is 1.10 bits per heavy atom. The average molecular weight is 583 g/mol. The van der Waals surface area contributed by atoms with Crippen LogP contribution in [-0.4, -0.2) is 42.1 Å². The maximum absolute atomic E-state index is 15.1. The number of halogens is 6. The van der Waals surface area contributed by atoms with Gasteiger partial charge in [-0.05, 0) is 38.3 Å². The number of nitrogens with zero attached hydrogens (tertiary/aromatic N) is 4. The van der Waals surface area contributed by atoms with Crippen molar-refractivity contribution in [2.75, 3.05) is 5.32 Å². The summed E-state index contributed by atoms with van der Waals surface area (Å²) in [5, 5.41) is 16.8. The Bertz CT molecular complexity index is 1700. The van der Waals surface area contributed by atoms with Gasteiger partial charge in [0, 0.05) is 36.6 Å². The predicted molar refractivity (Wildman–Crippen MR) is 137 cm³/mol. The lowest BCUT2D eigenvalue weighted by Crippen LogP contribution is -2.30. The molecule has 0 aliphatic rings. The fraction of sp³-hybridized carbons (Fsp3) is 0.346. The van der Waals surface area contributed by atoms with E-state index < -0.39 is 76.3 Å². The van der Waals surface area contributed by atoms with E-state index in [1.807, 2.05) is 0 Å². The second-order valence-corrected chi connectivity index (χ2v) is 10.0. The Hall–Kier alpha value is -4.27. The smallest absolute Gasteiger partial charge is 0.386 e. The van der Waals surface area contributed by atoms with Crippen molar-refractivity contribution >= 4 is 16.5 Å². The third-order valence-corrected chi connectivity index (χ3v) is 6.29. The van der Waals surface area contributed by atoms with Crippen molar-refractivity contribution in [2.45, 2.75) is 57.7 Å². The van der Waals surface area contributed by atoms with Crippen LogP contribution in [0.2, 0.25) is 0 Å². The molecule has 9 nitrogen and oxygen atoms in total. The van der Waals surface area contributed by atoms with Gasteiger partial charge in [-0.15, -0.1) is 0 Å². The highest BCUT2D eigenvalue weighted by molar-refractivity contribution is 5.86. The summed E-state index contributed by atoms with van der Waals surface area (Å²) >= 11 is 0. The molecule has 0 aliphatic heterocycles. The highest BCUT2D eigenvalue weighted by Gasteiger charge is 2.37. The quantitative estimate of drug-likeness (QED) is 0.265. The maximum Gasteiger partial charge on any atom is 0.423 e. The van der Waals surface area contributed by atoms with Crippen LogP contribution in [0.3, 0.4) is 0 Å². The standard InChI is InChI=1S/C26H24F6N6O3/c1-12(36-17-10-35-37-23(39)19(17)26(30,31)32)6-15(27)11-38-5-4-13-7-16(20(28)21(29)18(13)24(38)40)22-33-8-14(9-34-22)25(2,3)41/h4-5,7-10,12,15,41H,6,11H2,1-3H3,(H2,36,37,39)/t12-,15+/m1/s1. The minimum atomic E-state index is -4.99. The highest BCUT2D eigenvalue weighted by atomic mass is 19.4. The second-order valence-electron chi connectivity index (χ2n) is 10.0. The zero-order chi connectivity index (χ0) is 30.3. The van der Waals surface area contributed by atoms with Gasteiger partial charge in [-0.2, -0.15) is 18.3 Å². The van der Waals surface area contributed by atoms with E-state index in [4.69, 9.17) is 0 Å². The van der Waals surface area contributed by atoms with Crippen LogP contribution >= 0.6 is 0 Å². The third kappa shape index (κ3) is 6.24. The van der Waals surface area contributed by atoms with E-state index in [1.54, 1.807) is 5.10 Å². The summed E-state index contributed by atoms with van der Waals surface area (Å²) in [7, 11) is 0. The first kappa shape index (κ1) is 29.7. The Morgan fingerprint density at radius 3 is 2.37 bits per heavy atom.